The lowest BCUT2D eigenvalue weighted by Crippen LogP contribution is -2.42. The molecule has 2 nitrogen and oxygen atoms in total. The molecule has 0 atom stereocenters. The Bertz CT molecular complexity index is 531. The molecule has 0 aliphatic heterocycles. The standard InChI is InChI=1S/C13H12F6O2/c1-6-4-7(2)9(8(5-6)21-3)10(20)11(12(14,15)16)13(17,18)19/h4-5,11H,1-3H3. The van der Waals surface area contributed by atoms with E-state index in [0.717, 1.165) is 7.11 Å². The number of benzene rings is 1. The van der Waals surface area contributed by atoms with E-state index < -0.39 is 29.6 Å². The van der Waals surface area contributed by atoms with Crippen molar-refractivity contribution >= 4 is 5.78 Å². The Morgan fingerprint density at radius 2 is 1.52 bits per heavy atom. The van der Waals surface area contributed by atoms with E-state index in [0.29, 0.717) is 5.56 Å². The minimum atomic E-state index is -5.72. The van der Waals surface area contributed by atoms with Crippen LogP contribution in [0.3, 0.4) is 0 Å². The fourth-order valence-corrected chi connectivity index (χ4v) is 2.03. The number of ether oxygens (including phenoxy) is 1. The average molecular weight is 314 g/mol. The largest absolute Gasteiger partial charge is 0.496 e. The number of hydrogen-bond acceptors (Lipinski definition) is 2. The molecule has 0 unspecified atom stereocenters. The van der Waals surface area contributed by atoms with E-state index in [1.807, 2.05) is 0 Å². The van der Waals surface area contributed by atoms with Gasteiger partial charge in [-0.2, -0.15) is 26.3 Å². The summed E-state index contributed by atoms with van der Waals surface area (Å²) in [4.78, 5) is 11.8. The van der Waals surface area contributed by atoms with E-state index in [4.69, 9.17) is 4.74 Å². The molecule has 0 fully saturated rings. The number of alkyl halides is 6. The van der Waals surface area contributed by atoms with Crippen molar-refractivity contribution in [3.8, 4) is 5.75 Å². The zero-order valence-corrected chi connectivity index (χ0v) is 11.3. The molecule has 0 bridgehead atoms. The molecule has 118 valence electrons. The molecule has 1 rings (SSSR count). The number of ketones is 1. The maximum absolute atomic E-state index is 12.6. The van der Waals surface area contributed by atoms with Crippen LogP contribution in [0.15, 0.2) is 12.1 Å². The molecule has 0 aromatic heterocycles. The molecule has 0 saturated heterocycles. The molecule has 0 spiro atoms. The van der Waals surface area contributed by atoms with Crippen LogP contribution in [0.1, 0.15) is 21.5 Å². The third-order valence-electron chi connectivity index (χ3n) is 2.83. The van der Waals surface area contributed by atoms with Crippen LogP contribution in [-0.2, 0) is 0 Å². The quantitative estimate of drug-likeness (QED) is 0.616. The molecule has 0 heterocycles. The Balaban J connectivity index is 3.48. The second kappa shape index (κ2) is 5.57. The van der Waals surface area contributed by atoms with E-state index in [1.165, 1.54) is 19.1 Å². The monoisotopic (exact) mass is 314 g/mol. The summed E-state index contributed by atoms with van der Waals surface area (Å²) in [6, 6.07) is 2.53. The Labute approximate surface area is 116 Å². The van der Waals surface area contributed by atoms with E-state index >= 15 is 0 Å². The summed E-state index contributed by atoms with van der Waals surface area (Å²) in [7, 11) is 1.07. The van der Waals surface area contributed by atoms with Crippen LogP contribution in [0.25, 0.3) is 0 Å². The second-order valence-electron chi connectivity index (χ2n) is 4.54. The van der Waals surface area contributed by atoms with Gasteiger partial charge in [0.2, 0.25) is 5.92 Å². The highest BCUT2D eigenvalue weighted by Crippen LogP contribution is 2.43. The van der Waals surface area contributed by atoms with E-state index in [2.05, 4.69) is 0 Å². The summed E-state index contributed by atoms with van der Waals surface area (Å²) in [5.74, 6) is -6.44. The number of carbonyl (C=O) groups is 1. The van der Waals surface area contributed by atoms with Crippen molar-refractivity contribution in [3.63, 3.8) is 0 Å². The van der Waals surface area contributed by atoms with Gasteiger partial charge in [-0.15, -0.1) is 0 Å². The number of halogens is 6. The Morgan fingerprint density at radius 3 is 1.90 bits per heavy atom. The topological polar surface area (TPSA) is 26.3 Å². The highest BCUT2D eigenvalue weighted by Gasteiger charge is 2.61. The zero-order valence-electron chi connectivity index (χ0n) is 11.3. The summed E-state index contributed by atoms with van der Waals surface area (Å²) < 4.78 is 80.5. The minimum Gasteiger partial charge on any atom is -0.496 e. The molecular formula is C13H12F6O2. The maximum atomic E-state index is 12.6. The summed E-state index contributed by atoms with van der Waals surface area (Å²) in [6.07, 6.45) is -11.4. The molecular weight excluding hydrogens is 302 g/mol. The van der Waals surface area contributed by atoms with Crippen molar-refractivity contribution in [3.05, 3.63) is 28.8 Å². The maximum Gasteiger partial charge on any atom is 0.407 e. The minimum absolute atomic E-state index is 0.00431. The first-order valence-electron chi connectivity index (χ1n) is 5.72. The van der Waals surface area contributed by atoms with Gasteiger partial charge in [-0.1, -0.05) is 6.07 Å². The van der Waals surface area contributed by atoms with Crippen molar-refractivity contribution in [2.75, 3.05) is 7.11 Å². The fraction of sp³-hybridized carbons (Fsp3) is 0.462. The van der Waals surface area contributed by atoms with Gasteiger partial charge >= 0.3 is 12.4 Å². The number of carbonyl (C=O) groups excluding carboxylic acids is 1. The fourth-order valence-electron chi connectivity index (χ4n) is 2.03. The van der Waals surface area contributed by atoms with Crippen LogP contribution in [0.4, 0.5) is 26.3 Å². The average Bonchev–Trinajstić information content (AvgIpc) is 2.22. The lowest BCUT2D eigenvalue weighted by Gasteiger charge is -2.23. The summed E-state index contributed by atoms with van der Waals surface area (Å²) in [6.45, 7) is 2.83. The number of methoxy groups -OCH3 is 1. The first-order valence-corrected chi connectivity index (χ1v) is 5.72. The van der Waals surface area contributed by atoms with Gasteiger partial charge in [0.1, 0.15) is 5.75 Å². The molecule has 1 aromatic rings. The molecule has 0 amide bonds. The van der Waals surface area contributed by atoms with Gasteiger partial charge in [-0.25, -0.2) is 0 Å². The SMILES string of the molecule is COc1cc(C)cc(C)c1C(=O)C(C(F)(F)F)C(F)(F)F. The van der Waals surface area contributed by atoms with E-state index in [1.54, 1.807) is 6.92 Å². The second-order valence-corrected chi connectivity index (χ2v) is 4.54. The van der Waals surface area contributed by atoms with Crippen molar-refractivity contribution in [2.24, 2.45) is 5.92 Å². The molecule has 1 aromatic carbocycles. The predicted octanol–water partition coefficient (Wildman–Crippen LogP) is 4.24. The van der Waals surface area contributed by atoms with Crippen molar-refractivity contribution < 1.29 is 35.9 Å². The molecule has 8 heteroatoms. The summed E-state index contributed by atoms with van der Waals surface area (Å²) in [5.41, 5.74) is -0.158. The van der Waals surface area contributed by atoms with E-state index in [9.17, 15) is 31.1 Å². The molecule has 0 aliphatic carbocycles. The van der Waals surface area contributed by atoms with Crippen molar-refractivity contribution in [1.29, 1.82) is 0 Å². The molecule has 0 N–H and O–H groups in total. The van der Waals surface area contributed by atoms with Crippen LogP contribution in [-0.4, -0.2) is 25.2 Å². The van der Waals surface area contributed by atoms with Gasteiger partial charge < -0.3 is 4.74 Å². The number of hydrogen-bond donors (Lipinski definition) is 0. The number of aryl methyl sites for hydroxylation is 2. The summed E-state index contributed by atoms with van der Waals surface area (Å²) in [5, 5.41) is 0. The third-order valence-corrected chi connectivity index (χ3v) is 2.83. The Hall–Kier alpha value is -1.73. The number of rotatable bonds is 3. The Kier molecular flexibility index (Phi) is 4.60. The van der Waals surface area contributed by atoms with Gasteiger partial charge in [0.25, 0.3) is 0 Å². The van der Waals surface area contributed by atoms with Crippen molar-refractivity contribution in [2.45, 2.75) is 26.2 Å². The normalized spacial score (nSPS) is 12.7. The molecule has 0 radical (unpaired) electrons. The van der Waals surface area contributed by atoms with Crippen LogP contribution in [0, 0.1) is 19.8 Å². The van der Waals surface area contributed by atoms with Gasteiger partial charge in [-0.05, 0) is 31.0 Å². The lowest BCUT2D eigenvalue weighted by atomic mass is 9.91. The van der Waals surface area contributed by atoms with Crippen LogP contribution < -0.4 is 4.74 Å². The molecule has 21 heavy (non-hydrogen) atoms. The van der Waals surface area contributed by atoms with Gasteiger partial charge in [0.05, 0.1) is 12.7 Å². The van der Waals surface area contributed by atoms with Crippen LogP contribution in [0.5, 0.6) is 5.75 Å². The van der Waals surface area contributed by atoms with Crippen LogP contribution in [0.2, 0.25) is 0 Å². The van der Waals surface area contributed by atoms with Gasteiger partial charge in [0.15, 0.2) is 5.78 Å². The Morgan fingerprint density at radius 1 is 1.05 bits per heavy atom. The highest BCUT2D eigenvalue weighted by atomic mass is 19.4. The zero-order chi connectivity index (χ0) is 16.6. The predicted molar refractivity (Wildman–Crippen MR) is 62.4 cm³/mol. The first kappa shape index (κ1) is 17.3. The summed E-state index contributed by atoms with van der Waals surface area (Å²) >= 11 is 0. The van der Waals surface area contributed by atoms with Crippen LogP contribution >= 0.6 is 0 Å². The smallest absolute Gasteiger partial charge is 0.407 e. The third kappa shape index (κ3) is 3.68. The first-order chi connectivity index (χ1) is 9.39. The van der Waals surface area contributed by atoms with E-state index in [-0.39, 0.29) is 11.3 Å². The lowest BCUT2D eigenvalue weighted by molar-refractivity contribution is -0.264. The van der Waals surface area contributed by atoms with Gasteiger partial charge in [0, 0.05) is 0 Å². The van der Waals surface area contributed by atoms with Gasteiger partial charge in [-0.3, -0.25) is 4.79 Å². The highest BCUT2D eigenvalue weighted by molar-refractivity contribution is 6.02. The van der Waals surface area contributed by atoms with Crippen molar-refractivity contribution in [1.82, 2.24) is 0 Å². The molecule has 0 aliphatic rings. The molecule has 0 saturated carbocycles. The number of Topliss-reactive ketones (excluding diaryl/α,β-unsaturated/α-hetero) is 1.